The molecule has 0 radical (unpaired) electrons. The van der Waals surface area contributed by atoms with Crippen LogP contribution in [0.25, 0.3) is 0 Å². The van der Waals surface area contributed by atoms with Crippen LogP contribution in [0.2, 0.25) is 0 Å². The van der Waals surface area contributed by atoms with Gasteiger partial charge in [-0.1, -0.05) is 19.8 Å². The highest BCUT2D eigenvalue weighted by Crippen LogP contribution is 2.09. The van der Waals surface area contributed by atoms with E-state index in [-0.39, 0.29) is 12.1 Å². The minimum Gasteiger partial charge on any atom is -0.389 e. The molecule has 0 aromatic carbocycles. The summed E-state index contributed by atoms with van der Waals surface area (Å²) in [5.41, 5.74) is 0. The molecule has 1 rings (SSSR count). The third-order valence-corrected chi connectivity index (χ3v) is 2.77. The lowest BCUT2D eigenvalue weighted by Gasteiger charge is -2.23. The number of aliphatic hydroxyl groups is 1. The van der Waals surface area contributed by atoms with Gasteiger partial charge < -0.3 is 19.9 Å². The molecule has 1 saturated heterocycles. The molecule has 1 aliphatic heterocycles. The van der Waals surface area contributed by atoms with E-state index in [0.29, 0.717) is 25.9 Å². The fraction of sp³-hybridized carbons (Fsp3) is 1.00. The smallest absolute Gasteiger partial charge is 0.0948 e. The van der Waals surface area contributed by atoms with Crippen molar-refractivity contribution >= 4 is 0 Å². The molecule has 4 heteroatoms. The maximum absolute atomic E-state index is 9.60. The fourth-order valence-corrected chi connectivity index (χ4v) is 1.87. The zero-order valence-corrected chi connectivity index (χ0v) is 9.74. The molecule has 3 unspecified atom stereocenters. The van der Waals surface area contributed by atoms with Gasteiger partial charge >= 0.3 is 0 Å². The van der Waals surface area contributed by atoms with Gasteiger partial charge in [0.05, 0.1) is 32.0 Å². The molecule has 0 bridgehead atoms. The minimum atomic E-state index is -0.369. The highest BCUT2D eigenvalue weighted by atomic mass is 16.5. The van der Waals surface area contributed by atoms with Crippen molar-refractivity contribution in [2.24, 2.45) is 0 Å². The summed E-state index contributed by atoms with van der Waals surface area (Å²) in [7, 11) is 1.71. The quantitative estimate of drug-likeness (QED) is 0.653. The SMILES string of the molecule is CCCCC(COC)NC1COCC1O. The van der Waals surface area contributed by atoms with Gasteiger partial charge in [-0.15, -0.1) is 0 Å². The first-order chi connectivity index (χ1) is 7.27. The van der Waals surface area contributed by atoms with Crippen molar-refractivity contribution in [2.45, 2.75) is 44.4 Å². The van der Waals surface area contributed by atoms with E-state index in [1.165, 1.54) is 12.8 Å². The lowest BCUT2D eigenvalue weighted by Crippen LogP contribution is -2.46. The Balaban J connectivity index is 2.28. The van der Waals surface area contributed by atoms with E-state index in [9.17, 15) is 5.11 Å². The number of ether oxygens (including phenoxy) is 2. The number of hydrogen-bond acceptors (Lipinski definition) is 4. The molecule has 0 spiro atoms. The second kappa shape index (κ2) is 7.17. The lowest BCUT2D eigenvalue weighted by molar-refractivity contribution is 0.113. The van der Waals surface area contributed by atoms with Crippen LogP contribution in [0.3, 0.4) is 0 Å². The summed E-state index contributed by atoms with van der Waals surface area (Å²) in [4.78, 5) is 0. The lowest BCUT2D eigenvalue weighted by atomic mass is 10.1. The molecular formula is C11H23NO3. The fourth-order valence-electron chi connectivity index (χ4n) is 1.87. The number of methoxy groups -OCH3 is 1. The average molecular weight is 217 g/mol. The van der Waals surface area contributed by atoms with Crippen molar-refractivity contribution in [1.29, 1.82) is 0 Å². The number of hydrogen-bond donors (Lipinski definition) is 2. The van der Waals surface area contributed by atoms with Crippen LogP contribution in [-0.2, 0) is 9.47 Å². The van der Waals surface area contributed by atoms with Gasteiger partial charge in [-0.25, -0.2) is 0 Å². The Morgan fingerprint density at radius 3 is 2.87 bits per heavy atom. The third kappa shape index (κ3) is 4.47. The van der Waals surface area contributed by atoms with Crippen LogP contribution in [0.5, 0.6) is 0 Å². The van der Waals surface area contributed by atoms with E-state index in [4.69, 9.17) is 9.47 Å². The van der Waals surface area contributed by atoms with Crippen molar-refractivity contribution in [2.75, 3.05) is 26.9 Å². The van der Waals surface area contributed by atoms with Crippen LogP contribution in [0.15, 0.2) is 0 Å². The topological polar surface area (TPSA) is 50.7 Å². The molecule has 0 aromatic heterocycles. The van der Waals surface area contributed by atoms with Gasteiger partial charge in [0.25, 0.3) is 0 Å². The van der Waals surface area contributed by atoms with Crippen LogP contribution in [-0.4, -0.2) is 50.2 Å². The standard InChI is InChI=1S/C11H23NO3/c1-3-4-5-9(6-14-2)12-10-7-15-8-11(10)13/h9-13H,3-8H2,1-2H3. The number of aliphatic hydroxyl groups excluding tert-OH is 1. The first-order valence-electron chi connectivity index (χ1n) is 5.78. The minimum absolute atomic E-state index is 0.0713. The Morgan fingerprint density at radius 1 is 1.53 bits per heavy atom. The van der Waals surface area contributed by atoms with Crippen LogP contribution in [0.1, 0.15) is 26.2 Å². The molecule has 0 amide bonds. The summed E-state index contributed by atoms with van der Waals surface area (Å²) in [6, 6.07) is 0.401. The normalized spacial score (nSPS) is 28.2. The van der Waals surface area contributed by atoms with E-state index < -0.39 is 0 Å². The Kier molecular flexibility index (Phi) is 6.17. The van der Waals surface area contributed by atoms with E-state index >= 15 is 0 Å². The summed E-state index contributed by atoms with van der Waals surface area (Å²) in [6.45, 7) is 3.93. The first kappa shape index (κ1) is 12.9. The number of nitrogens with one attached hydrogen (secondary N) is 1. The predicted octanol–water partition coefficient (Wildman–Crippen LogP) is 0.541. The third-order valence-electron chi connectivity index (χ3n) is 2.77. The van der Waals surface area contributed by atoms with Crippen LogP contribution < -0.4 is 5.32 Å². The van der Waals surface area contributed by atoms with Crippen molar-refractivity contribution in [1.82, 2.24) is 5.32 Å². The van der Waals surface area contributed by atoms with E-state index in [0.717, 1.165) is 6.42 Å². The summed E-state index contributed by atoms with van der Waals surface area (Å²) in [5, 5.41) is 13.0. The van der Waals surface area contributed by atoms with E-state index in [1.54, 1.807) is 7.11 Å². The van der Waals surface area contributed by atoms with Gasteiger partial charge in [-0.3, -0.25) is 0 Å². The molecule has 15 heavy (non-hydrogen) atoms. The summed E-state index contributed by atoms with van der Waals surface area (Å²) < 4.78 is 10.4. The van der Waals surface area contributed by atoms with Gasteiger partial charge in [-0.05, 0) is 6.42 Å². The van der Waals surface area contributed by atoms with Gasteiger partial charge in [-0.2, -0.15) is 0 Å². The highest BCUT2D eigenvalue weighted by molar-refractivity contribution is 4.84. The molecule has 1 aliphatic rings. The monoisotopic (exact) mass is 217 g/mol. The van der Waals surface area contributed by atoms with Crippen LogP contribution in [0.4, 0.5) is 0 Å². The largest absolute Gasteiger partial charge is 0.389 e. The van der Waals surface area contributed by atoms with Gasteiger partial charge in [0, 0.05) is 13.2 Å². The van der Waals surface area contributed by atoms with Crippen molar-refractivity contribution in [3.63, 3.8) is 0 Å². The van der Waals surface area contributed by atoms with Crippen LogP contribution in [0, 0.1) is 0 Å². The molecule has 3 atom stereocenters. The number of rotatable bonds is 7. The van der Waals surface area contributed by atoms with Crippen molar-refractivity contribution in [3.05, 3.63) is 0 Å². The molecular weight excluding hydrogens is 194 g/mol. The Labute approximate surface area is 92.0 Å². The summed E-state index contributed by atoms with van der Waals surface area (Å²) >= 11 is 0. The van der Waals surface area contributed by atoms with Gasteiger partial charge in [0.15, 0.2) is 0 Å². The number of unbranched alkanes of at least 4 members (excludes halogenated alkanes) is 1. The van der Waals surface area contributed by atoms with E-state index in [1.807, 2.05) is 0 Å². The average Bonchev–Trinajstić information content (AvgIpc) is 2.61. The van der Waals surface area contributed by atoms with Gasteiger partial charge in [0.1, 0.15) is 0 Å². The predicted molar refractivity (Wildman–Crippen MR) is 58.9 cm³/mol. The Morgan fingerprint density at radius 2 is 2.33 bits per heavy atom. The second-order valence-corrected chi connectivity index (χ2v) is 4.17. The second-order valence-electron chi connectivity index (χ2n) is 4.17. The molecule has 0 saturated carbocycles. The molecule has 4 nitrogen and oxygen atoms in total. The molecule has 1 fully saturated rings. The molecule has 0 aliphatic carbocycles. The van der Waals surface area contributed by atoms with Crippen molar-refractivity contribution < 1.29 is 14.6 Å². The first-order valence-corrected chi connectivity index (χ1v) is 5.78. The Bertz CT molecular complexity index is 166. The Hall–Kier alpha value is -0.160. The zero-order valence-electron chi connectivity index (χ0n) is 9.74. The summed E-state index contributed by atoms with van der Waals surface area (Å²) in [5.74, 6) is 0. The zero-order chi connectivity index (χ0) is 11.1. The summed E-state index contributed by atoms with van der Waals surface area (Å²) in [6.07, 6.45) is 3.09. The molecule has 2 N–H and O–H groups in total. The molecule has 0 aromatic rings. The molecule has 1 heterocycles. The van der Waals surface area contributed by atoms with Gasteiger partial charge in [0.2, 0.25) is 0 Å². The maximum atomic E-state index is 9.60. The van der Waals surface area contributed by atoms with E-state index in [2.05, 4.69) is 12.2 Å². The van der Waals surface area contributed by atoms with Crippen molar-refractivity contribution in [3.8, 4) is 0 Å². The van der Waals surface area contributed by atoms with Crippen LogP contribution >= 0.6 is 0 Å². The highest BCUT2D eigenvalue weighted by Gasteiger charge is 2.27. The molecule has 90 valence electrons. The maximum Gasteiger partial charge on any atom is 0.0948 e.